The van der Waals surface area contributed by atoms with Gasteiger partial charge in [0.1, 0.15) is 17.8 Å². The normalized spacial score (nSPS) is 23.2. The molecule has 0 saturated carbocycles. The molecular formula is C15H22N4O2. The summed E-state index contributed by atoms with van der Waals surface area (Å²) in [6, 6.07) is 1.83. The van der Waals surface area contributed by atoms with Crippen LogP contribution in [0.5, 0.6) is 0 Å². The van der Waals surface area contributed by atoms with Crippen LogP contribution >= 0.6 is 0 Å². The van der Waals surface area contributed by atoms with Crippen molar-refractivity contribution in [3.63, 3.8) is 0 Å². The van der Waals surface area contributed by atoms with E-state index in [4.69, 9.17) is 4.74 Å². The molecule has 1 aromatic rings. The van der Waals surface area contributed by atoms with Crippen LogP contribution in [0.15, 0.2) is 12.4 Å². The van der Waals surface area contributed by atoms with Crippen LogP contribution in [0.4, 0.5) is 5.82 Å². The molecule has 1 amide bonds. The molecule has 0 spiro atoms. The first-order valence-electron chi connectivity index (χ1n) is 7.68. The number of aromatic nitrogens is 2. The van der Waals surface area contributed by atoms with Crippen molar-refractivity contribution < 1.29 is 9.53 Å². The van der Waals surface area contributed by atoms with Gasteiger partial charge in [-0.1, -0.05) is 6.92 Å². The van der Waals surface area contributed by atoms with Gasteiger partial charge in [0.15, 0.2) is 0 Å². The number of nitrogens with zero attached hydrogens (tertiary/aromatic N) is 4. The van der Waals surface area contributed by atoms with Crippen molar-refractivity contribution >= 4 is 11.7 Å². The zero-order valence-electron chi connectivity index (χ0n) is 12.5. The lowest BCUT2D eigenvalue weighted by Crippen LogP contribution is -2.41. The molecule has 2 fully saturated rings. The van der Waals surface area contributed by atoms with E-state index in [1.54, 1.807) is 4.90 Å². The summed E-state index contributed by atoms with van der Waals surface area (Å²) < 4.78 is 5.28. The maximum atomic E-state index is 12.5. The molecule has 114 valence electrons. The predicted octanol–water partition coefficient (Wildman–Crippen LogP) is 1.19. The molecule has 0 aliphatic carbocycles. The van der Waals surface area contributed by atoms with E-state index >= 15 is 0 Å². The minimum Gasteiger partial charge on any atom is -0.378 e. The first kappa shape index (κ1) is 14.3. The SMILES string of the molecule is CC1CCCN(c2cc(C(=O)N3CCOCC3)ncn2)C1. The van der Waals surface area contributed by atoms with Crippen LogP contribution in [0.1, 0.15) is 30.3 Å². The predicted molar refractivity (Wildman–Crippen MR) is 79.4 cm³/mol. The monoisotopic (exact) mass is 290 g/mol. The van der Waals surface area contributed by atoms with E-state index in [9.17, 15) is 4.79 Å². The van der Waals surface area contributed by atoms with E-state index in [1.165, 1.54) is 19.2 Å². The Morgan fingerprint density at radius 1 is 1.29 bits per heavy atom. The Labute approximate surface area is 125 Å². The van der Waals surface area contributed by atoms with E-state index in [1.807, 2.05) is 6.07 Å². The van der Waals surface area contributed by atoms with E-state index in [0.717, 1.165) is 18.9 Å². The van der Waals surface area contributed by atoms with Gasteiger partial charge in [0.05, 0.1) is 13.2 Å². The Kier molecular flexibility index (Phi) is 4.34. The maximum Gasteiger partial charge on any atom is 0.272 e. The zero-order valence-corrected chi connectivity index (χ0v) is 12.5. The standard InChI is InChI=1S/C15H22N4O2/c1-12-3-2-4-19(10-12)14-9-13(16-11-17-14)15(20)18-5-7-21-8-6-18/h9,11-12H,2-8,10H2,1H3. The Morgan fingerprint density at radius 3 is 2.86 bits per heavy atom. The average Bonchev–Trinajstić information content (AvgIpc) is 2.55. The van der Waals surface area contributed by atoms with Crippen LogP contribution in [-0.2, 0) is 4.74 Å². The smallest absolute Gasteiger partial charge is 0.272 e. The van der Waals surface area contributed by atoms with Crippen LogP contribution in [0.3, 0.4) is 0 Å². The van der Waals surface area contributed by atoms with Gasteiger partial charge in [-0.2, -0.15) is 0 Å². The number of hydrogen-bond acceptors (Lipinski definition) is 5. The van der Waals surface area contributed by atoms with E-state index in [2.05, 4.69) is 21.8 Å². The summed E-state index contributed by atoms with van der Waals surface area (Å²) in [5.74, 6) is 1.52. The molecule has 0 aromatic carbocycles. The minimum atomic E-state index is -0.0213. The number of anilines is 1. The first-order chi connectivity index (χ1) is 10.2. The molecular weight excluding hydrogens is 268 g/mol. The second-order valence-electron chi connectivity index (χ2n) is 5.86. The Bertz CT molecular complexity index is 502. The third kappa shape index (κ3) is 3.32. The second kappa shape index (κ2) is 6.39. The lowest BCUT2D eigenvalue weighted by atomic mass is 10.0. The van der Waals surface area contributed by atoms with Crippen molar-refractivity contribution in [3.05, 3.63) is 18.1 Å². The van der Waals surface area contributed by atoms with Crippen LogP contribution in [0.2, 0.25) is 0 Å². The highest BCUT2D eigenvalue weighted by molar-refractivity contribution is 5.93. The van der Waals surface area contributed by atoms with Crippen LogP contribution < -0.4 is 4.90 Å². The third-order valence-electron chi connectivity index (χ3n) is 4.15. The number of amides is 1. The fourth-order valence-corrected chi connectivity index (χ4v) is 2.96. The molecule has 0 radical (unpaired) electrons. The summed E-state index contributed by atoms with van der Waals surface area (Å²) in [6.45, 7) is 6.75. The number of hydrogen-bond donors (Lipinski definition) is 0. The van der Waals surface area contributed by atoms with E-state index in [0.29, 0.717) is 37.9 Å². The highest BCUT2D eigenvalue weighted by atomic mass is 16.5. The lowest BCUT2D eigenvalue weighted by Gasteiger charge is -2.32. The molecule has 1 atom stereocenters. The van der Waals surface area contributed by atoms with Gasteiger partial charge in [-0.15, -0.1) is 0 Å². The molecule has 0 bridgehead atoms. The van der Waals surface area contributed by atoms with Gasteiger partial charge >= 0.3 is 0 Å². The topological polar surface area (TPSA) is 58.6 Å². The summed E-state index contributed by atoms with van der Waals surface area (Å²) in [6.07, 6.45) is 3.95. The van der Waals surface area contributed by atoms with Crippen molar-refractivity contribution in [2.24, 2.45) is 5.92 Å². The van der Waals surface area contributed by atoms with Crippen molar-refractivity contribution in [2.75, 3.05) is 44.3 Å². The molecule has 0 N–H and O–H groups in total. The van der Waals surface area contributed by atoms with Gasteiger partial charge in [0.25, 0.3) is 5.91 Å². The number of ether oxygens (including phenoxy) is 1. The molecule has 1 aromatic heterocycles. The number of carbonyl (C=O) groups excluding carboxylic acids is 1. The quantitative estimate of drug-likeness (QED) is 0.819. The fourth-order valence-electron chi connectivity index (χ4n) is 2.96. The molecule has 6 nitrogen and oxygen atoms in total. The molecule has 3 heterocycles. The van der Waals surface area contributed by atoms with Gasteiger partial charge in [0, 0.05) is 32.2 Å². The summed E-state index contributed by atoms with van der Waals surface area (Å²) in [5.41, 5.74) is 0.486. The van der Waals surface area contributed by atoms with Crippen LogP contribution in [0.25, 0.3) is 0 Å². The van der Waals surface area contributed by atoms with Gasteiger partial charge in [-0.3, -0.25) is 4.79 Å². The summed E-state index contributed by atoms with van der Waals surface area (Å²) >= 11 is 0. The highest BCUT2D eigenvalue weighted by Crippen LogP contribution is 2.21. The number of rotatable bonds is 2. The van der Waals surface area contributed by atoms with Gasteiger partial charge < -0.3 is 14.5 Å². The maximum absolute atomic E-state index is 12.5. The number of carbonyl (C=O) groups is 1. The Morgan fingerprint density at radius 2 is 2.10 bits per heavy atom. The number of piperidine rings is 1. The minimum absolute atomic E-state index is 0.0213. The average molecular weight is 290 g/mol. The second-order valence-corrected chi connectivity index (χ2v) is 5.86. The van der Waals surface area contributed by atoms with Crippen molar-refractivity contribution in [3.8, 4) is 0 Å². The summed E-state index contributed by atoms with van der Waals surface area (Å²) in [5, 5.41) is 0. The highest BCUT2D eigenvalue weighted by Gasteiger charge is 2.22. The molecule has 2 saturated heterocycles. The molecule has 1 unspecified atom stereocenters. The molecule has 3 rings (SSSR count). The van der Waals surface area contributed by atoms with E-state index < -0.39 is 0 Å². The Balaban J connectivity index is 1.74. The molecule has 2 aliphatic rings. The van der Waals surface area contributed by atoms with Crippen molar-refractivity contribution in [1.29, 1.82) is 0 Å². The zero-order chi connectivity index (χ0) is 14.7. The summed E-state index contributed by atoms with van der Waals surface area (Å²) in [7, 11) is 0. The molecule has 6 heteroatoms. The third-order valence-corrected chi connectivity index (χ3v) is 4.15. The van der Waals surface area contributed by atoms with Crippen molar-refractivity contribution in [1.82, 2.24) is 14.9 Å². The largest absolute Gasteiger partial charge is 0.378 e. The summed E-state index contributed by atoms with van der Waals surface area (Å²) in [4.78, 5) is 25.0. The molecule has 2 aliphatic heterocycles. The molecule has 21 heavy (non-hydrogen) atoms. The number of morpholine rings is 1. The van der Waals surface area contributed by atoms with Gasteiger partial charge in [-0.05, 0) is 18.8 Å². The van der Waals surface area contributed by atoms with Gasteiger partial charge in [0.2, 0.25) is 0 Å². The Hall–Kier alpha value is -1.69. The fraction of sp³-hybridized carbons (Fsp3) is 0.667. The lowest BCUT2D eigenvalue weighted by molar-refractivity contribution is 0.0299. The van der Waals surface area contributed by atoms with Crippen molar-refractivity contribution in [2.45, 2.75) is 19.8 Å². The van der Waals surface area contributed by atoms with Crippen LogP contribution in [0, 0.1) is 5.92 Å². The van der Waals surface area contributed by atoms with E-state index in [-0.39, 0.29) is 5.91 Å². The first-order valence-corrected chi connectivity index (χ1v) is 7.68. The van der Waals surface area contributed by atoms with Gasteiger partial charge in [-0.25, -0.2) is 9.97 Å². The van der Waals surface area contributed by atoms with Crippen LogP contribution in [-0.4, -0.2) is 60.2 Å².